The van der Waals surface area contributed by atoms with Crippen LogP contribution in [0.2, 0.25) is 0 Å². The molecule has 4 heterocycles. The van der Waals surface area contributed by atoms with Crippen LogP contribution in [0.25, 0.3) is 5.65 Å². The van der Waals surface area contributed by atoms with Gasteiger partial charge in [-0.05, 0) is 57.2 Å². The molecule has 11 nitrogen and oxygen atoms in total. The fraction of sp³-hybridized carbons (Fsp3) is 0.533. The van der Waals surface area contributed by atoms with Gasteiger partial charge in [0.15, 0.2) is 17.3 Å². The van der Waals surface area contributed by atoms with Gasteiger partial charge in [-0.2, -0.15) is 17.7 Å². The van der Waals surface area contributed by atoms with Gasteiger partial charge >= 0.3 is 12.3 Å². The first-order valence-electron chi connectivity index (χ1n) is 14.7. The highest BCUT2D eigenvalue weighted by Crippen LogP contribution is 2.43. The smallest absolute Gasteiger partial charge is 0.416 e. The molecule has 2 fully saturated rings. The molecule has 1 amide bonds. The van der Waals surface area contributed by atoms with E-state index in [0.29, 0.717) is 80.9 Å². The molecule has 0 bridgehead atoms. The van der Waals surface area contributed by atoms with Gasteiger partial charge in [0.25, 0.3) is 0 Å². The van der Waals surface area contributed by atoms with Crippen molar-refractivity contribution >= 4 is 41.1 Å². The standard InChI is InChI=1S/C30H39F3N8O3/c1-29(2,3)44-28(42)40-11-9-20(10-12-40)26-21(30(31,32)33)7-6-8-22(26)36-25-18-34-27-23(35-19-38(4)5)17-24(37-41(25)27)39-13-15-43-16-14-39/h6-8,17-20,36H,9-16H2,1-5H3. The van der Waals surface area contributed by atoms with Crippen LogP contribution in [0.4, 0.5) is 41.0 Å². The van der Waals surface area contributed by atoms with Gasteiger partial charge in [0.2, 0.25) is 0 Å². The molecule has 14 heteroatoms. The maximum absolute atomic E-state index is 14.4. The quantitative estimate of drug-likeness (QED) is 0.280. The van der Waals surface area contributed by atoms with Crippen LogP contribution in [0.1, 0.15) is 50.7 Å². The number of rotatable bonds is 6. The first-order valence-corrected chi connectivity index (χ1v) is 14.7. The highest BCUT2D eigenvalue weighted by atomic mass is 19.4. The summed E-state index contributed by atoms with van der Waals surface area (Å²) in [4.78, 5) is 27.2. The van der Waals surface area contributed by atoms with E-state index in [0.717, 1.165) is 6.07 Å². The molecule has 2 aliphatic rings. The van der Waals surface area contributed by atoms with Crippen molar-refractivity contribution in [3.8, 4) is 0 Å². The van der Waals surface area contributed by atoms with Gasteiger partial charge in [-0.25, -0.2) is 14.8 Å². The van der Waals surface area contributed by atoms with E-state index in [1.54, 1.807) is 53.7 Å². The molecule has 0 unspecified atom stereocenters. The second-order valence-corrected chi connectivity index (χ2v) is 12.2. The lowest BCUT2D eigenvalue weighted by molar-refractivity contribution is -0.138. The molecule has 0 atom stereocenters. The van der Waals surface area contributed by atoms with Crippen molar-refractivity contribution in [2.24, 2.45) is 4.99 Å². The molecule has 2 saturated heterocycles. The summed E-state index contributed by atoms with van der Waals surface area (Å²) < 4.78 is 55.7. The number of nitrogens with zero attached hydrogens (tertiary/aromatic N) is 7. The Morgan fingerprint density at radius 3 is 2.48 bits per heavy atom. The maximum atomic E-state index is 14.4. The van der Waals surface area contributed by atoms with Crippen LogP contribution in [0, 0.1) is 0 Å². The molecular formula is C30H39F3N8O3. The molecule has 0 saturated carbocycles. The first kappa shape index (κ1) is 31.4. The third-order valence-corrected chi connectivity index (χ3v) is 7.43. The zero-order valence-corrected chi connectivity index (χ0v) is 25.7. The van der Waals surface area contributed by atoms with Gasteiger partial charge in [0.1, 0.15) is 11.3 Å². The number of halogens is 3. The molecule has 5 rings (SSSR count). The molecule has 44 heavy (non-hydrogen) atoms. The number of likely N-dealkylation sites (tertiary alicyclic amines) is 1. The monoisotopic (exact) mass is 616 g/mol. The van der Waals surface area contributed by atoms with Crippen molar-refractivity contribution in [3.05, 3.63) is 41.6 Å². The van der Waals surface area contributed by atoms with Crippen molar-refractivity contribution in [1.82, 2.24) is 24.4 Å². The number of imidazole rings is 1. The van der Waals surface area contributed by atoms with Gasteiger partial charge < -0.3 is 29.5 Å². The molecular weight excluding hydrogens is 577 g/mol. The number of amides is 1. The highest BCUT2D eigenvalue weighted by Gasteiger charge is 2.38. The van der Waals surface area contributed by atoms with E-state index in [9.17, 15) is 18.0 Å². The number of morpholine rings is 1. The van der Waals surface area contributed by atoms with Crippen molar-refractivity contribution in [2.45, 2.75) is 51.3 Å². The second-order valence-electron chi connectivity index (χ2n) is 12.2. The van der Waals surface area contributed by atoms with E-state index in [4.69, 9.17) is 14.6 Å². The SMILES string of the molecule is CN(C)C=Nc1cc(N2CCOCC2)nn2c(Nc3cccc(C(F)(F)F)c3C3CCN(C(=O)OC(C)(C)C)CC3)cnc12. The number of carbonyl (C=O) groups is 1. The van der Waals surface area contributed by atoms with Gasteiger partial charge in [-0.15, -0.1) is 5.10 Å². The fourth-order valence-electron chi connectivity index (χ4n) is 5.42. The number of hydrogen-bond acceptors (Lipinski definition) is 8. The lowest BCUT2D eigenvalue weighted by atomic mass is 9.85. The Labute approximate surface area is 254 Å². The van der Waals surface area contributed by atoms with Crippen LogP contribution in [0.3, 0.4) is 0 Å². The molecule has 2 aliphatic heterocycles. The first-order chi connectivity index (χ1) is 20.8. The lowest BCUT2D eigenvalue weighted by Gasteiger charge is -2.35. The van der Waals surface area contributed by atoms with Gasteiger partial charge in [-0.3, -0.25) is 0 Å². The molecule has 1 N–H and O–H groups in total. The Bertz CT molecular complexity index is 1500. The van der Waals surface area contributed by atoms with Gasteiger partial charge in [0.05, 0.1) is 31.3 Å². The van der Waals surface area contributed by atoms with Crippen LogP contribution in [0.5, 0.6) is 0 Å². The summed E-state index contributed by atoms with van der Waals surface area (Å²) in [6.45, 7) is 8.34. The maximum Gasteiger partial charge on any atom is 0.416 e. The zero-order chi connectivity index (χ0) is 31.6. The van der Waals surface area contributed by atoms with Crippen LogP contribution >= 0.6 is 0 Å². The number of aliphatic imine (C=N–C) groups is 1. The second kappa shape index (κ2) is 12.5. The largest absolute Gasteiger partial charge is 0.444 e. The van der Waals surface area contributed by atoms with Crippen molar-refractivity contribution in [3.63, 3.8) is 0 Å². The van der Waals surface area contributed by atoms with E-state index in [1.807, 2.05) is 20.2 Å². The van der Waals surface area contributed by atoms with E-state index < -0.39 is 29.4 Å². The number of nitrogens with one attached hydrogen (secondary N) is 1. The Hall–Kier alpha value is -4.07. The van der Waals surface area contributed by atoms with Gasteiger partial charge in [-0.1, -0.05) is 6.07 Å². The number of aromatic nitrogens is 3. The highest BCUT2D eigenvalue weighted by molar-refractivity contribution is 5.76. The van der Waals surface area contributed by atoms with Crippen molar-refractivity contribution in [2.75, 3.05) is 63.7 Å². The minimum atomic E-state index is -4.56. The number of anilines is 3. The fourth-order valence-corrected chi connectivity index (χ4v) is 5.42. The van der Waals surface area contributed by atoms with Crippen LogP contribution in [0.15, 0.2) is 35.5 Å². The van der Waals surface area contributed by atoms with E-state index in [-0.39, 0.29) is 5.56 Å². The molecule has 1 aromatic carbocycles. The summed E-state index contributed by atoms with van der Waals surface area (Å²) in [6.07, 6.45) is -1.10. The number of alkyl halides is 3. The number of carbonyl (C=O) groups excluding carboxylic acids is 1. The Balaban J connectivity index is 1.50. The molecule has 0 spiro atoms. The van der Waals surface area contributed by atoms with Crippen LogP contribution in [-0.4, -0.2) is 95.9 Å². The number of fused-ring (bicyclic) bond motifs is 1. The average Bonchev–Trinajstić information content (AvgIpc) is 3.37. The summed E-state index contributed by atoms with van der Waals surface area (Å²) in [5, 5.41) is 8.03. The molecule has 2 aromatic heterocycles. The van der Waals surface area contributed by atoms with Crippen molar-refractivity contribution in [1.29, 1.82) is 0 Å². The summed E-state index contributed by atoms with van der Waals surface area (Å²) >= 11 is 0. The minimum absolute atomic E-state index is 0.161. The predicted molar refractivity (Wildman–Crippen MR) is 162 cm³/mol. The summed E-state index contributed by atoms with van der Waals surface area (Å²) in [5.74, 6) is 0.625. The minimum Gasteiger partial charge on any atom is -0.444 e. The Morgan fingerprint density at radius 1 is 1.14 bits per heavy atom. The summed E-state index contributed by atoms with van der Waals surface area (Å²) in [7, 11) is 3.72. The van der Waals surface area contributed by atoms with Gasteiger partial charge in [0, 0.05) is 52.0 Å². The number of hydrogen-bond donors (Lipinski definition) is 1. The third-order valence-electron chi connectivity index (χ3n) is 7.43. The predicted octanol–water partition coefficient (Wildman–Crippen LogP) is 5.66. The molecule has 238 valence electrons. The Morgan fingerprint density at radius 2 is 1.84 bits per heavy atom. The summed E-state index contributed by atoms with van der Waals surface area (Å²) in [5.41, 5.74) is 0.146. The topological polar surface area (TPSA) is 99.8 Å². The van der Waals surface area contributed by atoms with Crippen LogP contribution < -0.4 is 10.2 Å². The van der Waals surface area contributed by atoms with Crippen LogP contribution in [-0.2, 0) is 15.7 Å². The zero-order valence-electron chi connectivity index (χ0n) is 25.7. The van der Waals surface area contributed by atoms with Crippen molar-refractivity contribution < 1.29 is 27.4 Å². The van der Waals surface area contributed by atoms with E-state index in [1.165, 1.54) is 6.07 Å². The number of piperidine rings is 1. The number of ether oxygens (including phenoxy) is 2. The normalized spacial score (nSPS) is 17.0. The Kier molecular flexibility index (Phi) is 8.91. The van der Waals surface area contributed by atoms with E-state index in [2.05, 4.69) is 20.2 Å². The summed E-state index contributed by atoms with van der Waals surface area (Å²) in [6, 6.07) is 6.00. The average molecular weight is 617 g/mol. The van der Waals surface area contributed by atoms with E-state index >= 15 is 0 Å². The number of benzene rings is 1. The molecule has 0 radical (unpaired) electrons. The third kappa shape index (κ3) is 7.17. The molecule has 3 aromatic rings. The lowest BCUT2D eigenvalue weighted by Crippen LogP contribution is -2.41. The molecule has 0 aliphatic carbocycles.